The van der Waals surface area contributed by atoms with E-state index >= 15 is 0 Å². The number of thiazole rings is 1. The number of ether oxygens (including phenoxy) is 1. The summed E-state index contributed by atoms with van der Waals surface area (Å²) < 4.78 is 18.6. The average molecular weight is 392 g/mol. The molecular formula is C17H17FN4O4S. The number of carbonyl (C=O) groups is 3. The summed E-state index contributed by atoms with van der Waals surface area (Å²) in [4.78, 5) is 40.6. The summed E-state index contributed by atoms with van der Waals surface area (Å²) in [6.07, 6.45) is 0.0140. The second kappa shape index (κ2) is 8.12. The van der Waals surface area contributed by atoms with Gasteiger partial charge < -0.3 is 20.7 Å². The molecule has 0 atom stereocenters. The Bertz CT molecular complexity index is 866. The number of nitrogens with one attached hydrogen (secondary N) is 1. The molecule has 0 radical (unpaired) electrons. The predicted octanol–water partition coefficient (Wildman–Crippen LogP) is 0.786. The number of likely N-dealkylation sites (tertiary alicyclic amines) is 1. The summed E-state index contributed by atoms with van der Waals surface area (Å²) in [6.45, 7) is 0.216. The molecule has 0 aliphatic carbocycles. The van der Waals surface area contributed by atoms with Crippen molar-refractivity contribution >= 4 is 34.2 Å². The third-order valence-corrected chi connectivity index (χ3v) is 4.74. The molecule has 1 fully saturated rings. The standard InChI is InChI=1S/C17H17FN4O4S/c18-12-3-1-2-4-13(12)26-8-15(24)22-6-10(7-22)16(25)21-17-20-11(9-27-17)5-14(19)23/h1-4,9-10H,5-8H2,(H2,19,23)(H,20,21,25). The van der Waals surface area contributed by atoms with Gasteiger partial charge in [0.15, 0.2) is 23.3 Å². The van der Waals surface area contributed by atoms with Crippen LogP contribution in [0.1, 0.15) is 5.69 Å². The van der Waals surface area contributed by atoms with Gasteiger partial charge in [0, 0.05) is 18.5 Å². The van der Waals surface area contributed by atoms with Crippen LogP contribution < -0.4 is 15.8 Å². The molecule has 3 N–H and O–H groups in total. The lowest BCUT2D eigenvalue weighted by atomic mass is 9.99. The Kier molecular flexibility index (Phi) is 5.65. The van der Waals surface area contributed by atoms with Gasteiger partial charge in [-0.15, -0.1) is 11.3 Å². The second-order valence-electron chi connectivity index (χ2n) is 5.99. The molecule has 1 aliphatic rings. The van der Waals surface area contributed by atoms with Gasteiger partial charge in [0.25, 0.3) is 5.91 Å². The molecule has 1 saturated heterocycles. The van der Waals surface area contributed by atoms with Gasteiger partial charge in [0.1, 0.15) is 0 Å². The summed E-state index contributed by atoms with van der Waals surface area (Å²) >= 11 is 1.20. The Labute approximate surface area is 158 Å². The van der Waals surface area contributed by atoms with Crippen LogP contribution in [-0.2, 0) is 20.8 Å². The average Bonchev–Trinajstić information content (AvgIpc) is 2.98. The summed E-state index contributed by atoms with van der Waals surface area (Å²) in [5.74, 6) is -1.95. The molecule has 3 rings (SSSR count). The Morgan fingerprint density at radius 3 is 2.78 bits per heavy atom. The summed E-state index contributed by atoms with van der Waals surface area (Å²) in [7, 11) is 0. The van der Waals surface area contributed by atoms with Crippen molar-refractivity contribution in [3.63, 3.8) is 0 Å². The molecule has 1 aliphatic heterocycles. The predicted molar refractivity (Wildman–Crippen MR) is 95.6 cm³/mol. The largest absolute Gasteiger partial charge is 0.481 e. The molecule has 2 heterocycles. The highest BCUT2D eigenvalue weighted by Gasteiger charge is 2.36. The number of halogens is 1. The first-order valence-corrected chi connectivity index (χ1v) is 8.99. The number of nitrogens with zero attached hydrogens (tertiary/aromatic N) is 2. The van der Waals surface area contributed by atoms with Crippen LogP contribution >= 0.6 is 11.3 Å². The molecule has 2 aromatic rings. The number of benzene rings is 1. The quantitative estimate of drug-likeness (QED) is 0.723. The molecule has 3 amide bonds. The molecular weight excluding hydrogens is 375 g/mol. The zero-order valence-corrected chi connectivity index (χ0v) is 15.0. The monoisotopic (exact) mass is 392 g/mol. The van der Waals surface area contributed by atoms with E-state index in [1.807, 2.05) is 0 Å². The highest BCUT2D eigenvalue weighted by Crippen LogP contribution is 2.21. The molecule has 1 aromatic heterocycles. The Morgan fingerprint density at radius 1 is 1.33 bits per heavy atom. The number of aromatic nitrogens is 1. The molecule has 0 unspecified atom stereocenters. The zero-order valence-electron chi connectivity index (χ0n) is 14.2. The smallest absolute Gasteiger partial charge is 0.260 e. The van der Waals surface area contributed by atoms with E-state index in [0.717, 1.165) is 0 Å². The first kappa shape index (κ1) is 18.8. The third-order valence-electron chi connectivity index (χ3n) is 3.93. The van der Waals surface area contributed by atoms with Crippen LogP contribution in [0.2, 0.25) is 0 Å². The van der Waals surface area contributed by atoms with Gasteiger partial charge in [-0.1, -0.05) is 12.1 Å². The Morgan fingerprint density at radius 2 is 2.07 bits per heavy atom. The number of amides is 3. The third kappa shape index (κ3) is 4.79. The number of para-hydroxylation sites is 1. The van der Waals surface area contributed by atoms with E-state index in [-0.39, 0.29) is 49.6 Å². The minimum atomic E-state index is -0.537. The first-order chi connectivity index (χ1) is 12.9. The van der Waals surface area contributed by atoms with Crippen molar-refractivity contribution in [3.8, 4) is 5.75 Å². The summed E-state index contributed by atoms with van der Waals surface area (Å²) in [5, 5.41) is 4.69. The van der Waals surface area contributed by atoms with Gasteiger partial charge in [0.2, 0.25) is 11.8 Å². The maximum absolute atomic E-state index is 13.5. The number of nitrogens with two attached hydrogens (primary N) is 1. The Hall–Kier alpha value is -3.01. The molecule has 0 saturated carbocycles. The molecule has 27 heavy (non-hydrogen) atoms. The lowest BCUT2D eigenvalue weighted by Gasteiger charge is -2.37. The fraction of sp³-hybridized carbons (Fsp3) is 0.294. The van der Waals surface area contributed by atoms with E-state index in [0.29, 0.717) is 10.8 Å². The Balaban J connectivity index is 1.42. The number of hydrogen-bond acceptors (Lipinski definition) is 6. The van der Waals surface area contributed by atoms with Crippen molar-refractivity contribution in [1.82, 2.24) is 9.88 Å². The van der Waals surface area contributed by atoms with Crippen LogP contribution in [0.3, 0.4) is 0 Å². The molecule has 0 spiro atoms. The number of hydrogen-bond donors (Lipinski definition) is 2. The van der Waals surface area contributed by atoms with E-state index < -0.39 is 11.7 Å². The number of anilines is 1. The molecule has 0 bridgehead atoms. The van der Waals surface area contributed by atoms with Gasteiger partial charge in [-0.3, -0.25) is 14.4 Å². The van der Waals surface area contributed by atoms with E-state index in [2.05, 4.69) is 10.3 Å². The van der Waals surface area contributed by atoms with Crippen LogP contribution in [0, 0.1) is 11.7 Å². The van der Waals surface area contributed by atoms with Gasteiger partial charge in [0.05, 0.1) is 18.0 Å². The van der Waals surface area contributed by atoms with Gasteiger partial charge in [-0.05, 0) is 12.1 Å². The zero-order chi connectivity index (χ0) is 19.4. The fourth-order valence-electron chi connectivity index (χ4n) is 2.47. The van der Waals surface area contributed by atoms with Crippen molar-refractivity contribution in [3.05, 3.63) is 41.2 Å². The summed E-state index contributed by atoms with van der Waals surface area (Å²) in [5.41, 5.74) is 5.60. The van der Waals surface area contributed by atoms with E-state index in [4.69, 9.17) is 10.5 Å². The number of primary amides is 1. The molecule has 10 heteroatoms. The van der Waals surface area contributed by atoms with Gasteiger partial charge in [-0.2, -0.15) is 0 Å². The van der Waals surface area contributed by atoms with Crippen LogP contribution in [-0.4, -0.2) is 47.3 Å². The van der Waals surface area contributed by atoms with E-state index in [9.17, 15) is 18.8 Å². The van der Waals surface area contributed by atoms with Crippen molar-refractivity contribution in [2.45, 2.75) is 6.42 Å². The highest BCUT2D eigenvalue weighted by atomic mass is 32.1. The van der Waals surface area contributed by atoms with Crippen LogP contribution in [0.25, 0.3) is 0 Å². The van der Waals surface area contributed by atoms with Gasteiger partial charge in [-0.25, -0.2) is 9.37 Å². The van der Waals surface area contributed by atoms with Crippen molar-refractivity contribution in [2.24, 2.45) is 11.7 Å². The topological polar surface area (TPSA) is 115 Å². The van der Waals surface area contributed by atoms with E-state index in [1.54, 1.807) is 11.4 Å². The lowest BCUT2D eigenvalue weighted by molar-refractivity contribution is -0.143. The van der Waals surface area contributed by atoms with Crippen LogP contribution in [0.5, 0.6) is 5.75 Å². The van der Waals surface area contributed by atoms with Crippen LogP contribution in [0.4, 0.5) is 9.52 Å². The fourth-order valence-corrected chi connectivity index (χ4v) is 3.19. The SMILES string of the molecule is NC(=O)Cc1csc(NC(=O)C2CN(C(=O)COc3ccccc3F)C2)n1. The maximum atomic E-state index is 13.5. The normalized spacial score (nSPS) is 13.7. The minimum absolute atomic E-state index is 0.0104. The second-order valence-corrected chi connectivity index (χ2v) is 6.85. The molecule has 1 aromatic carbocycles. The molecule has 8 nitrogen and oxygen atoms in total. The van der Waals surface area contributed by atoms with Crippen molar-refractivity contribution < 1.29 is 23.5 Å². The number of rotatable bonds is 7. The lowest BCUT2D eigenvalue weighted by Crippen LogP contribution is -2.55. The maximum Gasteiger partial charge on any atom is 0.260 e. The van der Waals surface area contributed by atoms with Gasteiger partial charge >= 0.3 is 0 Å². The van der Waals surface area contributed by atoms with Crippen molar-refractivity contribution in [2.75, 3.05) is 25.0 Å². The molecule has 142 valence electrons. The number of carbonyl (C=O) groups excluding carboxylic acids is 3. The summed E-state index contributed by atoms with van der Waals surface area (Å²) in [6, 6.07) is 5.83. The van der Waals surface area contributed by atoms with Crippen molar-refractivity contribution in [1.29, 1.82) is 0 Å². The first-order valence-electron chi connectivity index (χ1n) is 8.11. The van der Waals surface area contributed by atoms with Crippen LogP contribution in [0.15, 0.2) is 29.6 Å². The van der Waals surface area contributed by atoms with E-state index in [1.165, 1.54) is 34.4 Å². The minimum Gasteiger partial charge on any atom is -0.481 e. The highest BCUT2D eigenvalue weighted by molar-refractivity contribution is 7.13.